The fourth-order valence-electron chi connectivity index (χ4n) is 4.68. The number of hydrogen-bond acceptors (Lipinski definition) is 5. The number of hydrogen-bond donors (Lipinski definition) is 1. The second-order valence-electron chi connectivity index (χ2n) is 8.66. The first-order valence-electron chi connectivity index (χ1n) is 12.2. The van der Waals surface area contributed by atoms with Crippen LogP contribution in [0.15, 0.2) is 65.9 Å². The number of halogens is 1. The monoisotopic (exact) mass is 510 g/mol. The van der Waals surface area contributed by atoms with Gasteiger partial charge < -0.3 is 15.0 Å². The Bertz CT molecular complexity index is 1150. The van der Waals surface area contributed by atoms with Crippen LogP contribution in [0.4, 0.5) is 4.79 Å². The van der Waals surface area contributed by atoms with Gasteiger partial charge in [-0.05, 0) is 37.6 Å². The molecule has 0 aliphatic carbocycles. The number of urea groups is 1. The van der Waals surface area contributed by atoms with Crippen LogP contribution in [0.5, 0.6) is 0 Å². The maximum Gasteiger partial charge on any atom is 0.338 e. The molecule has 190 valence electrons. The summed E-state index contributed by atoms with van der Waals surface area (Å²) in [5.74, 6) is -0.471. The summed E-state index contributed by atoms with van der Waals surface area (Å²) < 4.78 is 5.43. The van der Waals surface area contributed by atoms with Crippen LogP contribution < -0.4 is 5.32 Å². The predicted molar refractivity (Wildman–Crippen MR) is 138 cm³/mol. The Morgan fingerprint density at radius 3 is 2.31 bits per heavy atom. The summed E-state index contributed by atoms with van der Waals surface area (Å²) in [4.78, 5) is 44.8. The summed E-state index contributed by atoms with van der Waals surface area (Å²) in [7, 11) is 0. The van der Waals surface area contributed by atoms with E-state index in [0.717, 1.165) is 0 Å². The van der Waals surface area contributed by atoms with Crippen LogP contribution in [-0.2, 0) is 9.53 Å². The lowest BCUT2D eigenvalue weighted by Gasteiger charge is -2.40. The third kappa shape index (κ3) is 5.39. The number of rotatable bonds is 7. The molecule has 1 saturated heterocycles. The minimum atomic E-state index is -0.719. The molecule has 2 aliphatic heterocycles. The number of benzene rings is 2. The van der Waals surface area contributed by atoms with E-state index in [1.807, 2.05) is 48.2 Å². The highest BCUT2D eigenvalue weighted by Crippen LogP contribution is 2.35. The quantitative estimate of drug-likeness (QED) is 0.574. The van der Waals surface area contributed by atoms with E-state index < -0.39 is 12.0 Å². The molecule has 2 aliphatic rings. The van der Waals surface area contributed by atoms with Crippen molar-refractivity contribution in [3.63, 3.8) is 0 Å². The highest BCUT2D eigenvalue weighted by Gasteiger charge is 2.39. The van der Waals surface area contributed by atoms with Crippen LogP contribution in [0.1, 0.15) is 35.8 Å². The Kier molecular flexibility index (Phi) is 8.28. The van der Waals surface area contributed by atoms with Gasteiger partial charge in [0, 0.05) is 55.6 Å². The molecule has 1 atom stereocenters. The first-order valence-corrected chi connectivity index (χ1v) is 12.6. The number of ether oxygens (including phenoxy) is 1. The molecule has 0 saturated carbocycles. The molecule has 0 spiro atoms. The average molecular weight is 511 g/mol. The van der Waals surface area contributed by atoms with E-state index in [0.29, 0.717) is 66.7 Å². The van der Waals surface area contributed by atoms with Gasteiger partial charge in [-0.3, -0.25) is 14.6 Å². The zero-order valence-electron chi connectivity index (χ0n) is 20.6. The summed E-state index contributed by atoms with van der Waals surface area (Å²) in [6.07, 6.45) is 0. The Morgan fingerprint density at radius 1 is 1.00 bits per heavy atom. The van der Waals surface area contributed by atoms with E-state index in [-0.39, 0.29) is 18.5 Å². The zero-order chi connectivity index (χ0) is 25.7. The fraction of sp³-hybridized carbons (Fsp3) is 0.370. The van der Waals surface area contributed by atoms with Gasteiger partial charge >= 0.3 is 12.0 Å². The molecular formula is C27H31ClN4O4. The lowest BCUT2D eigenvalue weighted by atomic mass is 9.94. The Hall–Kier alpha value is -3.36. The van der Waals surface area contributed by atoms with Crippen LogP contribution in [0.25, 0.3) is 0 Å². The van der Waals surface area contributed by atoms with E-state index in [4.69, 9.17) is 16.3 Å². The Morgan fingerprint density at radius 2 is 1.67 bits per heavy atom. The van der Waals surface area contributed by atoms with Gasteiger partial charge in [-0.1, -0.05) is 48.0 Å². The van der Waals surface area contributed by atoms with E-state index in [1.54, 1.807) is 30.0 Å². The lowest BCUT2D eigenvalue weighted by Crippen LogP contribution is -2.53. The molecule has 36 heavy (non-hydrogen) atoms. The van der Waals surface area contributed by atoms with Crippen molar-refractivity contribution in [2.45, 2.75) is 19.9 Å². The van der Waals surface area contributed by atoms with Crippen LogP contribution in [0.3, 0.4) is 0 Å². The SMILES string of the molecule is CCOC(=O)C1=C(CN2CCN(C(=O)c3ccccc3)CC2)N(CC)C(=O)NC1c1ccccc1Cl. The molecule has 2 aromatic rings. The molecular weight excluding hydrogens is 480 g/mol. The summed E-state index contributed by atoms with van der Waals surface area (Å²) in [6.45, 7) is 6.96. The maximum atomic E-state index is 13.2. The van der Waals surface area contributed by atoms with Gasteiger partial charge in [0.1, 0.15) is 0 Å². The third-order valence-corrected chi connectivity index (χ3v) is 6.86. The summed E-state index contributed by atoms with van der Waals surface area (Å²) in [5, 5.41) is 3.40. The number of esters is 1. The highest BCUT2D eigenvalue weighted by atomic mass is 35.5. The van der Waals surface area contributed by atoms with Crippen molar-refractivity contribution >= 4 is 29.5 Å². The topological polar surface area (TPSA) is 82.2 Å². The van der Waals surface area contributed by atoms with Gasteiger partial charge in [0.2, 0.25) is 0 Å². The van der Waals surface area contributed by atoms with E-state index in [9.17, 15) is 14.4 Å². The van der Waals surface area contributed by atoms with Gasteiger partial charge in [-0.15, -0.1) is 0 Å². The number of nitrogens with one attached hydrogen (secondary N) is 1. The smallest absolute Gasteiger partial charge is 0.338 e. The molecule has 4 rings (SSSR count). The number of carbonyl (C=O) groups is 3. The van der Waals surface area contributed by atoms with E-state index >= 15 is 0 Å². The van der Waals surface area contributed by atoms with Gasteiger partial charge in [0.15, 0.2) is 0 Å². The second kappa shape index (κ2) is 11.6. The van der Waals surface area contributed by atoms with Gasteiger partial charge in [-0.25, -0.2) is 9.59 Å². The van der Waals surface area contributed by atoms with Gasteiger partial charge in [-0.2, -0.15) is 0 Å². The van der Waals surface area contributed by atoms with Crippen molar-refractivity contribution in [3.8, 4) is 0 Å². The Balaban J connectivity index is 1.61. The fourth-order valence-corrected chi connectivity index (χ4v) is 4.93. The number of piperazine rings is 1. The molecule has 1 N–H and O–H groups in total. The largest absolute Gasteiger partial charge is 0.463 e. The minimum Gasteiger partial charge on any atom is -0.463 e. The highest BCUT2D eigenvalue weighted by molar-refractivity contribution is 6.31. The van der Waals surface area contributed by atoms with Gasteiger partial charge in [0.05, 0.1) is 18.2 Å². The number of likely N-dealkylation sites (N-methyl/N-ethyl adjacent to an activating group) is 1. The molecule has 9 heteroatoms. The van der Waals surface area contributed by atoms with Crippen molar-refractivity contribution in [1.29, 1.82) is 0 Å². The first kappa shape index (κ1) is 25.7. The average Bonchev–Trinajstić information content (AvgIpc) is 2.89. The first-order chi connectivity index (χ1) is 17.4. The van der Waals surface area contributed by atoms with Crippen molar-refractivity contribution < 1.29 is 19.1 Å². The summed E-state index contributed by atoms with van der Waals surface area (Å²) in [6, 6.07) is 15.4. The van der Waals surface area contributed by atoms with Crippen LogP contribution in [-0.4, -0.2) is 78.5 Å². The van der Waals surface area contributed by atoms with Crippen molar-refractivity contribution in [3.05, 3.63) is 82.0 Å². The number of carbonyl (C=O) groups excluding carboxylic acids is 3. The molecule has 0 bridgehead atoms. The number of amides is 3. The van der Waals surface area contributed by atoms with Crippen LogP contribution in [0.2, 0.25) is 5.02 Å². The van der Waals surface area contributed by atoms with Crippen LogP contribution >= 0.6 is 11.6 Å². The normalized spacial score (nSPS) is 18.8. The second-order valence-corrected chi connectivity index (χ2v) is 9.07. The molecule has 1 unspecified atom stereocenters. The van der Waals surface area contributed by atoms with Crippen molar-refractivity contribution in [2.75, 3.05) is 45.9 Å². The lowest BCUT2D eigenvalue weighted by molar-refractivity contribution is -0.139. The molecule has 2 aromatic carbocycles. The summed E-state index contributed by atoms with van der Waals surface area (Å²) >= 11 is 6.47. The summed E-state index contributed by atoms with van der Waals surface area (Å²) in [5.41, 5.74) is 2.30. The minimum absolute atomic E-state index is 0.00712. The molecule has 8 nitrogen and oxygen atoms in total. The van der Waals surface area contributed by atoms with Crippen molar-refractivity contribution in [1.82, 2.24) is 20.0 Å². The van der Waals surface area contributed by atoms with Gasteiger partial charge in [0.25, 0.3) is 5.91 Å². The van der Waals surface area contributed by atoms with Crippen molar-refractivity contribution in [2.24, 2.45) is 0 Å². The van der Waals surface area contributed by atoms with E-state index in [2.05, 4.69) is 10.2 Å². The van der Waals surface area contributed by atoms with E-state index in [1.165, 1.54) is 0 Å². The molecule has 0 aromatic heterocycles. The molecule has 2 heterocycles. The maximum absolute atomic E-state index is 13.2. The molecule has 3 amide bonds. The molecule has 1 fully saturated rings. The number of nitrogens with zero attached hydrogens (tertiary/aromatic N) is 3. The third-order valence-electron chi connectivity index (χ3n) is 6.52. The zero-order valence-corrected chi connectivity index (χ0v) is 21.3. The van der Waals surface area contributed by atoms with Crippen LogP contribution in [0, 0.1) is 0 Å². The molecule has 0 radical (unpaired) electrons. The standard InChI is InChI=1S/C27H31ClN4O4/c1-3-32-22(18-30-14-16-31(17-15-30)25(33)19-10-6-5-7-11-19)23(26(34)36-4-2)24(29-27(32)35)20-12-8-9-13-21(20)28/h5-13,24H,3-4,14-18H2,1-2H3,(H,29,35). The Labute approximate surface area is 216 Å². The predicted octanol–water partition coefficient (Wildman–Crippen LogP) is 3.70.